The second-order valence-electron chi connectivity index (χ2n) is 8.00. The fraction of sp³-hybridized carbons (Fsp3) is 0.231. The van der Waals surface area contributed by atoms with E-state index in [0.717, 1.165) is 32.0 Å². The van der Waals surface area contributed by atoms with Crippen LogP contribution in [0.5, 0.6) is 0 Å². The Kier molecular flexibility index (Phi) is 5.69. The first-order chi connectivity index (χ1) is 14.4. The summed E-state index contributed by atoms with van der Waals surface area (Å²) in [6, 6.07) is 20.7. The van der Waals surface area contributed by atoms with Gasteiger partial charge in [0, 0.05) is 0 Å². The van der Waals surface area contributed by atoms with Crippen LogP contribution in [0.4, 0.5) is 5.13 Å². The van der Waals surface area contributed by atoms with Crippen LogP contribution < -0.4 is 4.90 Å². The average molecular weight is 415 g/mol. The summed E-state index contributed by atoms with van der Waals surface area (Å²) < 4.78 is 1.15. The number of rotatable bonds is 5. The van der Waals surface area contributed by atoms with Crippen LogP contribution in [0.15, 0.2) is 60.7 Å². The lowest BCUT2D eigenvalue weighted by molar-refractivity contribution is -0.118. The number of hydrogen-bond acceptors (Lipinski definition) is 3. The van der Waals surface area contributed by atoms with Crippen molar-refractivity contribution >= 4 is 32.6 Å². The second kappa shape index (κ2) is 8.41. The molecule has 0 fully saturated rings. The molecule has 4 heteroatoms. The molecule has 3 nitrogen and oxygen atoms in total. The van der Waals surface area contributed by atoms with Gasteiger partial charge in [-0.05, 0) is 61.6 Å². The maximum atomic E-state index is 13.5. The number of fused-ring (bicyclic) bond motifs is 1. The molecule has 1 heterocycles. The van der Waals surface area contributed by atoms with Crippen molar-refractivity contribution in [2.45, 2.75) is 40.7 Å². The van der Waals surface area contributed by atoms with Gasteiger partial charge in [-0.15, -0.1) is 0 Å². The lowest BCUT2D eigenvalue weighted by Crippen LogP contribution is -2.31. The zero-order valence-corrected chi connectivity index (χ0v) is 18.7. The largest absolute Gasteiger partial charge is 0.283 e. The monoisotopic (exact) mass is 414 g/mol. The number of carbonyl (C=O) groups excluding carboxylic acids is 1. The summed E-state index contributed by atoms with van der Waals surface area (Å²) in [5.74, 6) is 0.0687. The minimum atomic E-state index is 0.0687. The third-order valence-corrected chi connectivity index (χ3v) is 6.59. The van der Waals surface area contributed by atoms with Gasteiger partial charge >= 0.3 is 0 Å². The normalized spacial score (nSPS) is 11.1. The molecule has 0 atom stereocenters. The van der Waals surface area contributed by atoms with Crippen molar-refractivity contribution in [2.24, 2.45) is 0 Å². The molecule has 1 aromatic heterocycles. The van der Waals surface area contributed by atoms with Gasteiger partial charge in [-0.25, -0.2) is 4.98 Å². The topological polar surface area (TPSA) is 33.2 Å². The first-order valence-corrected chi connectivity index (χ1v) is 11.0. The number of aromatic nitrogens is 1. The summed E-state index contributed by atoms with van der Waals surface area (Å²) in [6.07, 6.45) is 0.368. The van der Waals surface area contributed by atoms with Crippen LogP contribution >= 0.6 is 11.3 Å². The lowest BCUT2D eigenvalue weighted by atomic mass is 10.0. The maximum absolute atomic E-state index is 13.5. The van der Waals surface area contributed by atoms with Crippen LogP contribution in [-0.2, 0) is 17.8 Å². The molecule has 0 aliphatic heterocycles. The molecule has 0 unspecified atom stereocenters. The molecule has 0 spiro atoms. The highest BCUT2D eigenvalue weighted by atomic mass is 32.1. The zero-order valence-electron chi connectivity index (χ0n) is 17.9. The van der Waals surface area contributed by atoms with Crippen LogP contribution in [0.1, 0.15) is 33.4 Å². The van der Waals surface area contributed by atoms with Gasteiger partial charge in [-0.3, -0.25) is 9.69 Å². The van der Waals surface area contributed by atoms with Crippen molar-refractivity contribution in [2.75, 3.05) is 4.90 Å². The SMILES string of the molecule is Cc1ccc(CC(=O)N(Cc2ccccc2)c2nc3cc(C)cc(C)c3s2)c(C)c1. The molecule has 0 saturated heterocycles. The molecule has 0 bridgehead atoms. The van der Waals surface area contributed by atoms with Gasteiger partial charge in [0.15, 0.2) is 5.13 Å². The Balaban J connectivity index is 1.72. The van der Waals surface area contributed by atoms with Crippen molar-refractivity contribution in [3.8, 4) is 0 Å². The number of carbonyl (C=O) groups is 1. The summed E-state index contributed by atoms with van der Waals surface area (Å²) in [7, 11) is 0. The molecule has 4 rings (SSSR count). The molecule has 1 amide bonds. The lowest BCUT2D eigenvalue weighted by Gasteiger charge is -2.21. The Hall–Kier alpha value is -2.98. The van der Waals surface area contributed by atoms with E-state index in [9.17, 15) is 4.79 Å². The molecular formula is C26H26N2OS. The van der Waals surface area contributed by atoms with Crippen LogP contribution in [-0.4, -0.2) is 10.9 Å². The Labute approximate surface area is 182 Å². The molecule has 0 N–H and O–H groups in total. The molecule has 30 heavy (non-hydrogen) atoms. The number of amides is 1. The van der Waals surface area contributed by atoms with Gasteiger partial charge < -0.3 is 0 Å². The maximum Gasteiger partial charge on any atom is 0.233 e. The quantitative estimate of drug-likeness (QED) is 0.384. The Morgan fingerprint density at radius 1 is 0.900 bits per heavy atom. The van der Waals surface area contributed by atoms with Gasteiger partial charge in [-0.2, -0.15) is 0 Å². The standard InChI is InChI=1S/C26H26N2OS/c1-17-10-11-22(19(3)12-17)15-24(29)28(16-21-8-6-5-7-9-21)26-27-23-14-18(2)13-20(4)25(23)30-26/h5-14H,15-16H2,1-4H3. The summed E-state index contributed by atoms with van der Waals surface area (Å²) in [4.78, 5) is 20.2. The summed E-state index contributed by atoms with van der Waals surface area (Å²) >= 11 is 1.60. The molecule has 3 aromatic carbocycles. The third kappa shape index (κ3) is 4.29. The van der Waals surface area contributed by atoms with Gasteiger partial charge in [0.1, 0.15) is 0 Å². The highest BCUT2D eigenvalue weighted by Gasteiger charge is 2.21. The highest BCUT2D eigenvalue weighted by Crippen LogP contribution is 2.33. The Morgan fingerprint density at radius 3 is 2.37 bits per heavy atom. The van der Waals surface area contributed by atoms with Crippen LogP contribution in [0, 0.1) is 27.7 Å². The molecule has 4 aromatic rings. The smallest absolute Gasteiger partial charge is 0.233 e. The van der Waals surface area contributed by atoms with E-state index in [2.05, 4.69) is 70.2 Å². The molecule has 0 radical (unpaired) electrons. The van der Waals surface area contributed by atoms with Gasteiger partial charge in [0.05, 0.1) is 23.2 Å². The van der Waals surface area contributed by atoms with E-state index in [4.69, 9.17) is 4.98 Å². The van der Waals surface area contributed by atoms with E-state index < -0.39 is 0 Å². The van der Waals surface area contributed by atoms with Crippen LogP contribution in [0.3, 0.4) is 0 Å². The number of nitrogens with zero attached hydrogens (tertiary/aromatic N) is 2. The predicted octanol–water partition coefficient (Wildman–Crippen LogP) is 6.31. The zero-order chi connectivity index (χ0) is 21.3. The van der Waals surface area contributed by atoms with E-state index in [1.54, 1.807) is 11.3 Å². The average Bonchev–Trinajstić information content (AvgIpc) is 3.13. The predicted molar refractivity (Wildman–Crippen MR) is 126 cm³/mol. The van der Waals surface area contributed by atoms with Gasteiger partial charge in [0.25, 0.3) is 0 Å². The summed E-state index contributed by atoms with van der Waals surface area (Å²) in [6.45, 7) is 8.85. The second-order valence-corrected chi connectivity index (χ2v) is 8.98. The summed E-state index contributed by atoms with van der Waals surface area (Å²) in [5.41, 5.74) is 7.88. The number of thiazole rings is 1. The van der Waals surface area contributed by atoms with E-state index in [0.29, 0.717) is 13.0 Å². The first-order valence-electron chi connectivity index (χ1n) is 10.2. The van der Waals surface area contributed by atoms with E-state index in [1.807, 2.05) is 23.1 Å². The van der Waals surface area contributed by atoms with Gasteiger partial charge in [-0.1, -0.05) is 71.5 Å². The molecule has 152 valence electrons. The molecule has 0 aliphatic rings. The third-order valence-electron chi connectivity index (χ3n) is 5.36. The summed E-state index contributed by atoms with van der Waals surface area (Å²) in [5, 5.41) is 0.761. The van der Waals surface area contributed by atoms with Crippen molar-refractivity contribution in [1.82, 2.24) is 4.98 Å². The first kappa shape index (κ1) is 20.3. The minimum absolute atomic E-state index is 0.0687. The van der Waals surface area contributed by atoms with Crippen LogP contribution in [0.25, 0.3) is 10.2 Å². The molecule has 0 saturated carbocycles. The Bertz CT molecular complexity index is 1210. The van der Waals surface area contributed by atoms with E-state index in [1.165, 1.54) is 16.7 Å². The number of aryl methyl sites for hydroxylation is 4. The highest BCUT2D eigenvalue weighted by molar-refractivity contribution is 7.22. The van der Waals surface area contributed by atoms with Crippen molar-refractivity contribution in [3.63, 3.8) is 0 Å². The number of hydrogen-bond donors (Lipinski definition) is 0. The van der Waals surface area contributed by atoms with E-state index >= 15 is 0 Å². The fourth-order valence-electron chi connectivity index (χ4n) is 3.81. The van der Waals surface area contributed by atoms with E-state index in [-0.39, 0.29) is 5.91 Å². The van der Waals surface area contributed by atoms with Crippen LogP contribution in [0.2, 0.25) is 0 Å². The fourth-order valence-corrected chi connectivity index (χ4v) is 4.84. The molecular weight excluding hydrogens is 388 g/mol. The number of benzene rings is 3. The van der Waals surface area contributed by atoms with Crippen molar-refractivity contribution in [3.05, 3.63) is 94.0 Å². The minimum Gasteiger partial charge on any atom is -0.283 e. The van der Waals surface area contributed by atoms with Crippen molar-refractivity contribution in [1.29, 1.82) is 0 Å². The van der Waals surface area contributed by atoms with Gasteiger partial charge in [0.2, 0.25) is 5.91 Å². The van der Waals surface area contributed by atoms with Crippen molar-refractivity contribution < 1.29 is 4.79 Å². The molecule has 0 aliphatic carbocycles. The number of anilines is 1. The Morgan fingerprint density at radius 2 is 1.63 bits per heavy atom.